The second kappa shape index (κ2) is 6.51. The van der Waals surface area contributed by atoms with E-state index in [0.29, 0.717) is 0 Å². The summed E-state index contributed by atoms with van der Waals surface area (Å²) in [6.07, 6.45) is 4.55. The van der Waals surface area contributed by atoms with Crippen LogP contribution in [0.4, 0.5) is 4.79 Å². The molecular weight excluding hydrogens is 213 g/mol. The molecule has 0 radical (unpaired) electrons. The quantitative estimate of drug-likeness (QED) is 0.427. The van der Waals surface area contributed by atoms with Crippen molar-refractivity contribution < 1.29 is 4.79 Å². The van der Waals surface area contributed by atoms with Crippen LogP contribution in [0.2, 0.25) is 0 Å². The number of hydrogen-bond acceptors (Lipinski definition) is 2. The van der Waals surface area contributed by atoms with E-state index in [1.165, 1.54) is 12.3 Å². The minimum absolute atomic E-state index is 0.149. The Morgan fingerprint density at radius 3 is 2.54 bits per heavy atom. The first-order valence-corrected chi connectivity index (χ1v) is 4.06. The fraction of sp³-hybridized carbons (Fsp3) is 0.143. The highest BCUT2D eigenvalue weighted by atomic mass is 35.5. The van der Waals surface area contributed by atoms with E-state index >= 15 is 0 Å². The van der Waals surface area contributed by atoms with Crippen molar-refractivity contribution in [1.82, 2.24) is 5.43 Å². The summed E-state index contributed by atoms with van der Waals surface area (Å²) < 4.78 is 0.149. The van der Waals surface area contributed by atoms with Gasteiger partial charge in [0.1, 0.15) is 4.49 Å². The lowest BCUT2D eigenvalue weighted by molar-refractivity contribution is 0.249. The molecule has 4 nitrogen and oxygen atoms in total. The second-order valence-electron chi connectivity index (χ2n) is 2.10. The standard InChI is InChI=1S/C7H9Cl2N3O/c1-5(2-3-6(8)9)4-11-12-7(10)13/h2-4H,1H3,(H3,10,12,13)/b5-2+,11-4-. The Labute approximate surface area is 86.1 Å². The molecule has 72 valence electrons. The Hall–Kier alpha value is -1.000. The molecule has 0 fully saturated rings. The number of allylic oxidation sites excluding steroid dienone is 3. The molecule has 0 bridgehead atoms. The van der Waals surface area contributed by atoms with Crippen LogP contribution in [0.3, 0.4) is 0 Å². The number of urea groups is 1. The number of carbonyl (C=O) groups excluding carboxylic acids is 1. The summed E-state index contributed by atoms with van der Waals surface area (Å²) in [5.74, 6) is 0. The van der Waals surface area contributed by atoms with Gasteiger partial charge in [-0.25, -0.2) is 10.2 Å². The van der Waals surface area contributed by atoms with Crippen molar-refractivity contribution in [3.05, 3.63) is 22.2 Å². The van der Waals surface area contributed by atoms with Gasteiger partial charge in [0.2, 0.25) is 0 Å². The van der Waals surface area contributed by atoms with Gasteiger partial charge in [-0.1, -0.05) is 29.3 Å². The maximum Gasteiger partial charge on any atom is 0.332 e. The fourth-order valence-electron chi connectivity index (χ4n) is 0.435. The molecule has 0 heterocycles. The van der Waals surface area contributed by atoms with Crippen molar-refractivity contribution in [3.63, 3.8) is 0 Å². The lowest BCUT2D eigenvalue weighted by Gasteiger charge is -1.90. The smallest absolute Gasteiger partial charge is 0.332 e. The minimum atomic E-state index is -0.713. The van der Waals surface area contributed by atoms with Gasteiger partial charge in [-0.05, 0) is 18.6 Å². The average Bonchev–Trinajstić information content (AvgIpc) is 2.00. The highest BCUT2D eigenvalue weighted by Crippen LogP contribution is 2.06. The van der Waals surface area contributed by atoms with Gasteiger partial charge in [0, 0.05) is 0 Å². The molecule has 3 N–H and O–H groups in total. The van der Waals surface area contributed by atoms with E-state index in [1.807, 2.05) is 5.43 Å². The lowest BCUT2D eigenvalue weighted by Crippen LogP contribution is -2.24. The van der Waals surface area contributed by atoms with Gasteiger partial charge >= 0.3 is 6.03 Å². The SMILES string of the molecule is CC(/C=N\NC(N)=O)=C\C=C(Cl)Cl. The molecule has 0 aromatic rings. The van der Waals surface area contributed by atoms with E-state index in [4.69, 9.17) is 28.9 Å². The number of hydrazone groups is 1. The number of nitrogens with one attached hydrogen (secondary N) is 1. The van der Waals surface area contributed by atoms with Crippen LogP contribution in [-0.2, 0) is 0 Å². The summed E-state index contributed by atoms with van der Waals surface area (Å²) in [5, 5.41) is 3.52. The normalized spacial score (nSPS) is 11.5. The van der Waals surface area contributed by atoms with E-state index in [2.05, 4.69) is 5.10 Å². The molecule has 0 aliphatic rings. The van der Waals surface area contributed by atoms with Crippen molar-refractivity contribution >= 4 is 35.4 Å². The van der Waals surface area contributed by atoms with Crippen LogP contribution in [0.25, 0.3) is 0 Å². The summed E-state index contributed by atoms with van der Waals surface area (Å²) >= 11 is 10.7. The zero-order valence-corrected chi connectivity index (χ0v) is 8.43. The zero-order chi connectivity index (χ0) is 10.3. The molecule has 0 aliphatic heterocycles. The van der Waals surface area contributed by atoms with E-state index < -0.39 is 6.03 Å². The van der Waals surface area contributed by atoms with E-state index in [0.717, 1.165) is 5.57 Å². The van der Waals surface area contributed by atoms with Gasteiger partial charge in [0.05, 0.1) is 6.21 Å². The third kappa shape index (κ3) is 8.91. The van der Waals surface area contributed by atoms with E-state index in [9.17, 15) is 4.79 Å². The topological polar surface area (TPSA) is 67.5 Å². The number of rotatable bonds is 3. The van der Waals surface area contributed by atoms with Crippen LogP contribution in [0.5, 0.6) is 0 Å². The van der Waals surface area contributed by atoms with Crippen LogP contribution < -0.4 is 11.2 Å². The number of halogens is 2. The largest absolute Gasteiger partial charge is 0.350 e. The highest BCUT2D eigenvalue weighted by molar-refractivity contribution is 6.56. The van der Waals surface area contributed by atoms with Crippen LogP contribution in [-0.4, -0.2) is 12.2 Å². The summed E-state index contributed by atoms with van der Waals surface area (Å²) in [4.78, 5) is 10.2. The van der Waals surface area contributed by atoms with Gasteiger partial charge in [0.15, 0.2) is 0 Å². The summed E-state index contributed by atoms with van der Waals surface area (Å²) in [6.45, 7) is 1.76. The second-order valence-corrected chi connectivity index (χ2v) is 3.11. The summed E-state index contributed by atoms with van der Waals surface area (Å²) in [6, 6.07) is -0.713. The predicted molar refractivity (Wildman–Crippen MR) is 54.8 cm³/mol. The molecule has 0 spiro atoms. The first kappa shape index (κ1) is 12.0. The molecule has 6 heteroatoms. The van der Waals surface area contributed by atoms with Gasteiger partial charge in [-0.3, -0.25) is 0 Å². The Kier molecular flexibility index (Phi) is 6.01. The van der Waals surface area contributed by atoms with Crippen molar-refractivity contribution in [3.8, 4) is 0 Å². The van der Waals surface area contributed by atoms with Crippen LogP contribution in [0.15, 0.2) is 27.3 Å². The fourth-order valence-corrected chi connectivity index (χ4v) is 0.561. The Bertz CT molecular complexity index is 267. The van der Waals surface area contributed by atoms with Crippen LogP contribution >= 0.6 is 23.2 Å². The van der Waals surface area contributed by atoms with Gasteiger partial charge in [0.25, 0.3) is 0 Å². The predicted octanol–water partition coefficient (Wildman–Crippen LogP) is 1.91. The lowest BCUT2D eigenvalue weighted by atomic mass is 10.3. The van der Waals surface area contributed by atoms with Gasteiger partial charge < -0.3 is 5.73 Å². The number of nitrogens with zero attached hydrogens (tertiary/aromatic N) is 1. The molecule has 13 heavy (non-hydrogen) atoms. The average molecular weight is 222 g/mol. The maximum atomic E-state index is 10.2. The molecule has 0 unspecified atom stereocenters. The maximum absolute atomic E-state index is 10.2. The van der Waals surface area contributed by atoms with Gasteiger partial charge in [-0.2, -0.15) is 5.10 Å². The van der Waals surface area contributed by atoms with Crippen molar-refractivity contribution in [2.45, 2.75) is 6.92 Å². The van der Waals surface area contributed by atoms with Crippen molar-refractivity contribution in [2.24, 2.45) is 10.8 Å². The Balaban J connectivity index is 4.06. The third-order valence-corrected chi connectivity index (χ3v) is 1.17. The Morgan fingerprint density at radius 1 is 1.46 bits per heavy atom. The number of primary amides is 1. The highest BCUT2D eigenvalue weighted by Gasteiger charge is 1.85. The summed E-state index contributed by atoms with van der Waals surface area (Å²) in [7, 11) is 0. The van der Waals surface area contributed by atoms with E-state index in [1.54, 1.807) is 13.0 Å². The molecule has 0 saturated heterocycles. The van der Waals surface area contributed by atoms with Crippen LogP contribution in [0, 0.1) is 0 Å². The molecule has 0 atom stereocenters. The van der Waals surface area contributed by atoms with Crippen molar-refractivity contribution in [1.29, 1.82) is 0 Å². The molecule has 0 saturated carbocycles. The first-order valence-electron chi connectivity index (χ1n) is 3.30. The number of amides is 2. The molecule has 2 amide bonds. The Morgan fingerprint density at radius 2 is 2.08 bits per heavy atom. The number of nitrogens with two attached hydrogens (primary N) is 1. The molecule has 0 rings (SSSR count). The van der Waals surface area contributed by atoms with Gasteiger partial charge in [-0.15, -0.1) is 0 Å². The number of hydrogen-bond donors (Lipinski definition) is 2. The first-order chi connectivity index (χ1) is 6.02. The van der Waals surface area contributed by atoms with Crippen molar-refractivity contribution in [2.75, 3.05) is 0 Å². The molecule has 0 aromatic heterocycles. The molecule has 0 aromatic carbocycles. The van der Waals surface area contributed by atoms with Crippen LogP contribution in [0.1, 0.15) is 6.92 Å². The number of carbonyl (C=O) groups is 1. The summed E-state index contributed by atoms with van der Waals surface area (Å²) in [5.41, 5.74) is 7.58. The minimum Gasteiger partial charge on any atom is -0.350 e. The zero-order valence-electron chi connectivity index (χ0n) is 6.92. The monoisotopic (exact) mass is 221 g/mol. The molecule has 0 aliphatic carbocycles. The van der Waals surface area contributed by atoms with E-state index in [-0.39, 0.29) is 4.49 Å². The third-order valence-electron chi connectivity index (χ3n) is 0.915. The molecular formula is C7H9Cl2N3O.